The number of thiophene rings is 1. The molecule has 1 saturated carbocycles. The van der Waals surface area contributed by atoms with E-state index in [0.29, 0.717) is 0 Å². The van der Waals surface area contributed by atoms with Gasteiger partial charge in [-0.2, -0.15) is 0 Å². The van der Waals surface area contributed by atoms with Gasteiger partial charge in [0.05, 0.1) is 10.9 Å². The number of rotatable bonds is 4. The third-order valence-corrected chi connectivity index (χ3v) is 5.92. The lowest BCUT2D eigenvalue weighted by Gasteiger charge is -2.35. The molecule has 2 fully saturated rings. The van der Waals surface area contributed by atoms with Crippen LogP contribution in [0.1, 0.15) is 59.2 Å². The van der Waals surface area contributed by atoms with E-state index in [-0.39, 0.29) is 11.9 Å². The van der Waals surface area contributed by atoms with Crippen molar-refractivity contribution >= 4 is 17.2 Å². The van der Waals surface area contributed by atoms with Crippen molar-refractivity contribution in [3.8, 4) is 0 Å². The van der Waals surface area contributed by atoms with Crippen LogP contribution in [-0.2, 0) is 6.54 Å². The molecule has 122 valence electrons. The number of hydrogen-bond donors (Lipinski definition) is 0. The smallest absolute Gasteiger partial charge is 0.264 e. The third-order valence-electron chi connectivity index (χ3n) is 4.92. The van der Waals surface area contributed by atoms with Gasteiger partial charge in [0.1, 0.15) is 6.33 Å². The largest absolute Gasteiger partial charge is 0.328 e. The molecule has 0 spiro atoms. The lowest BCUT2D eigenvalue weighted by Crippen LogP contribution is -2.39. The van der Waals surface area contributed by atoms with Crippen molar-refractivity contribution in [2.45, 2.75) is 51.6 Å². The van der Waals surface area contributed by atoms with Gasteiger partial charge in [-0.15, -0.1) is 21.5 Å². The molecule has 4 rings (SSSR count). The Kier molecular flexibility index (Phi) is 3.93. The Bertz CT molecular complexity index is 703. The molecule has 2 aliphatic rings. The summed E-state index contributed by atoms with van der Waals surface area (Å²) in [5.41, 5.74) is 1.07. The van der Waals surface area contributed by atoms with Crippen molar-refractivity contribution in [3.63, 3.8) is 0 Å². The second kappa shape index (κ2) is 6.07. The van der Waals surface area contributed by atoms with E-state index in [1.165, 1.54) is 12.8 Å². The van der Waals surface area contributed by atoms with Crippen molar-refractivity contribution < 1.29 is 4.79 Å². The molecule has 1 aliphatic heterocycles. The predicted molar refractivity (Wildman–Crippen MR) is 89.4 cm³/mol. The highest BCUT2D eigenvalue weighted by molar-refractivity contribution is 7.12. The van der Waals surface area contributed by atoms with Gasteiger partial charge < -0.3 is 9.47 Å². The molecule has 0 unspecified atom stereocenters. The zero-order valence-corrected chi connectivity index (χ0v) is 14.3. The van der Waals surface area contributed by atoms with Crippen LogP contribution in [0.5, 0.6) is 0 Å². The first-order valence-corrected chi connectivity index (χ1v) is 9.35. The second-order valence-corrected chi connectivity index (χ2v) is 7.64. The van der Waals surface area contributed by atoms with E-state index in [9.17, 15) is 4.79 Å². The molecule has 3 heterocycles. The lowest BCUT2D eigenvalue weighted by atomic mass is 10.0. The van der Waals surface area contributed by atoms with Crippen LogP contribution >= 0.6 is 11.3 Å². The highest BCUT2D eigenvalue weighted by Gasteiger charge is 2.34. The highest BCUT2D eigenvalue weighted by Crippen LogP contribution is 2.35. The van der Waals surface area contributed by atoms with Crippen LogP contribution in [0.3, 0.4) is 0 Å². The molecule has 0 aromatic carbocycles. The Morgan fingerprint density at radius 3 is 2.96 bits per heavy atom. The number of aryl methyl sites for hydroxylation is 1. The van der Waals surface area contributed by atoms with Crippen LogP contribution in [-0.4, -0.2) is 32.1 Å². The maximum Gasteiger partial charge on any atom is 0.264 e. The Labute approximate surface area is 140 Å². The Balaban J connectivity index is 1.61. The first-order valence-electron chi connectivity index (χ1n) is 8.47. The van der Waals surface area contributed by atoms with Crippen LogP contribution < -0.4 is 0 Å². The van der Waals surface area contributed by atoms with Crippen LogP contribution in [0.25, 0.3) is 0 Å². The normalized spacial score (nSPS) is 21.6. The summed E-state index contributed by atoms with van der Waals surface area (Å²) in [6, 6.07) is 2.09. The summed E-state index contributed by atoms with van der Waals surface area (Å²) in [5, 5.41) is 10.5. The first kappa shape index (κ1) is 14.9. The number of amides is 1. The van der Waals surface area contributed by atoms with Gasteiger partial charge in [0.25, 0.3) is 5.91 Å². The summed E-state index contributed by atoms with van der Waals surface area (Å²) >= 11 is 1.54. The molecule has 0 N–H and O–H groups in total. The maximum atomic E-state index is 13.0. The Hall–Kier alpha value is -1.69. The van der Waals surface area contributed by atoms with Crippen molar-refractivity contribution in [2.24, 2.45) is 5.92 Å². The van der Waals surface area contributed by atoms with Crippen LogP contribution in [0.15, 0.2) is 17.8 Å². The summed E-state index contributed by atoms with van der Waals surface area (Å²) in [7, 11) is 0. The van der Waals surface area contributed by atoms with Crippen LogP contribution in [0, 0.1) is 12.8 Å². The van der Waals surface area contributed by atoms with Gasteiger partial charge in [-0.05, 0) is 62.0 Å². The SMILES string of the molecule is Cc1ccsc1C(=O)N1CCCC[C@@H]1c1nncn1CC1CC1. The van der Waals surface area contributed by atoms with Gasteiger partial charge in [-0.3, -0.25) is 4.79 Å². The number of nitrogens with zero attached hydrogens (tertiary/aromatic N) is 4. The maximum absolute atomic E-state index is 13.0. The van der Waals surface area contributed by atoms with Crippen molar-refractivity contribution in [1.82, 2.24) is 19.7 Å². The Morgan fingerprint density at radius 1 is 1.35 bits per heavy atom. The highest BCUT2D eigenvalue weighted by atomic mass is 32.1. The minimum atomic E-state index is 0.0685. The van der Waals surface area contributed by atoms with E-state index in [4.69, 9.17) is 0 Å². The zero-order valence-electron chi connectivity index (χ0n) is 13.4. The molecule has 0 bridgehead atoms. The molecule has 0 radical (unpaired) electrons. The minimum Gasteiger partial charge on any atom is -0.328 e. The average Bonchev–Trinajstić information content (AvgIpc) is 3.08. The van der Waals surface area contributed by atoms with Crippen molar-refractivity contribution in [1.29, 1.82) is 0 Å². The molecule has 1 aliphatic carbocycles. The molecule has 6 heteroatoms. The van der Waals surface area contributed by atoms with E-state index in [1.54, 1.807) is 11.3 Å². The van der Waals surface area contributed by atoms with E-state index in [1.807, 2.05) is 29.6 Å². The Morgan fingerprint density at radius 2 is 2.22 bits per heavy atom. The number of hydrogen-bond acceptors (Lipinski definition) is 4. The fraction of sp³-hybridized carbons (Fsp3) is 0.588. The first-order chi connectivity index (χ1) is 11.2. The quantitative estimate of drug-likeness (QED) is 0.863. The second-order valence-electron chi connectivity index (χ2n) is 6.73. The van der Waals surface area contributed by atoms with E-state index in [2.05, 4.69) is 14.8 Å². The number of aromatic nitrogens is 3. The van der Waals surface area contributed by atoms with Gasteiger partial charge in [-0.1, -0.05) is 0 Å². The molecule has 1 amide bonds. The molecular formula is C17H22N4OS. The molecule has 1 atom stereocenters. The summed E-state index contributed by atoms with van der Waals surface area (Å²) in [6.45, 7) is 3.83. The molecule has 1 saturated heterocycles. The predicted octanol–water partition coefficient (Wildman–Crippen LogP) is 3.43. The number of piperidine rings is 1. The lowest BCUT2D eigenvalue weighted by molar-refractivity contribution is 0.0598. The number of carbonyl (C=O) groups is 1. The topological polar surface area (TPSA) is 51.0 Å². The molecular weight excluding hydrogens is 308 g/mol. The standard InChI is InChI=1S/C17H22N4OS/c1-12-7-9-23-15(12)17(22)21-8-3-2-4-14(21)16-19-18-11-20(16)10-13-5-6-13/h7,9,11,13-14H,2-6,8,10H2,1H3/t14-/m1/s1. The van der Waals surface area contributed by atoms with E-state index < -0.39 is 0 Å². The monoisotopic (exact) mass is 330 g/mol. The van der Waals surface area contributed by atoms with Crippen molar-refractivity contribution in [3.05, 3.63) is 34.0 Å². The summed E-state index contributed by atoms with van der Waals surface area (Å²) < 4.78 is 2.18. The zero-order chi connectivity index (χ0) is 15.8. The molecule has 5 nitrogen and oxygen atoms in total. The average molecular weight is 330 g/mol. The van der Waals surface area contributed by atoms with Gasteiger partial charge in [0.15, 0.2) is 5.82 Å². The molecule has 2 aromatic rings. The van der Waals surface area contributed by atoms with E-state index in [0.717, 1.165) is 54.5 Å². The fourth-order valence-corrected chi connectivity index (χ4v) is 4.29. The summed E-state index contributed by atoms with van der Waals surface area (Å²) in [6.07, 6.45) is 7.65. The minimum absolute atomic E-state index is 0.0685. The molecule has 23 heavy (non-hydrogen) atoms. The molecule has 2 aromatic heterocycles. The number of carbonyl (C=O) groups excluding carboxylic acids is 1. The van der Waals surface area contributed by atoms with Gasteiger partial charge >= 0.3 is 0 Å². The van der Waals surface area contributed by atoms with Gasteiger partial charge in [-0.25, -0.2) is 0 Å². The number of likely N-dealkylation sites (tertiary alicyclic amines) is 1. The van der Waals surface area contributed by atoms with Gasteiger partial charge in [0.2, 0.25) is 0 Å². The summed E-state index contributed by atoms with van der Waals surface area (Å²) in [4.78, 5) is 15.9. The summed E-state index contributed by atoms with van der Waals surface area (Å²) in [5.74, 6) is 1.90. The van der Waals surface area contributed by atoms with Crippen LogP contribution in [0.2, 0.25) is 0 Å². The van der Waals surface area contributed by atoms with Crippen molar-refractivity contribution in [2.75, 3.05) is 6.54 Å². The van der Waals surface area contributed by atoms with Crippen LogP contribution in [0.4, 0.5) is 0 Å². The van der Waals surface area contributed by atoms with Gasteiger partial charge in [0, 0.05) is 13.1 Å². The third kappa shape index (κ3) is 2.92. The fourth-order valence-electron chi connectivity index (χ4n) is 3.41. The van der Waals surface area contributed by atoms with E-state index >= 15 is 0 Å².